The average molecular weight is 276 g/mol. The number of Topliss-reactive ketones (excluding diaryl/α,β-unsaturated/α-hetero) is 1. The van der Waals surface area contributed by atoms with E-state index in [2.05, 4.69) is 15.9 Å². The fourth-order valence-electron chi connectivity index (χ4n) is 1.29. The molecule has 1 aliphatic carbocycles. The average Bonchev–Trinajstić information content (AvgIpc) is 2.93. The topological polar surface area (TPSA) is 37.3 Å². The Bertz CT molecular complexity index is 399. The van der Waals surface area contributed by atoms with Crippen molar-refractivity contribution in [1.82, 2.24) is 0 Å². The second-order valence-corrected chi connectivity index (χ2v) is 4.68. The first-order chi connectivity index (χ1) is 6.59. The van der Waals surface area contributed by atoms with Gasteiger partial charge < -0.3 is 5.11 Å². The minimum absolute atomic E-state index is 0.0577. The molecule has 0 unspecified atom stereocenters. The zero-order valence-corrected chi connectivity index (χ0v) is 9.60. The van der Waals surface area contributed by atoms with E-state index in [0.717, 1.165) is 12.8 Å². The first-order valence-corrected chi connectivity index (χ1v) is 5.49. The van der Waals surface area contributed by atoms with Crippen LogP contribution in [0.3, 0.4) is 0 Å². The first kappa shape index (κ1) is 9.99. The van der Waals surface area contributed by atoms with Gasteiger partial charge in [0, 0.05) is 17.5 Å². The normalized spacial score (nSPS) is 15.6. The number of hydrogen-bond donors (Lipinski definition) is 1. The molecule has 2 nitrogen and oxygen atoms in total. The highest BCUT2D eigenvalue weighted by atomic mass is 79.9. The third-order valence-electron chi connectivity index (χ3n) is 2.25. The molecule has 0 bridgehead atoms. The summed E-state index contributed by atoms with van der Waals surface area (Å²) < 4.78 is 0.505. The Morgan fingerprint density at radius 1 is 1.50 bits per heavy atom. The Morgan fingerprint density at radius 3 is 2.71 bits per heavy atom. The molecule has 0 spiro atoms. The van der Waals surface area contributed by atoms with Crippen LogP contribution in [-0.2, 0) is 0 Å². The molecule has 0 amide bonds. The summed E-state index contributed by atoms with van der Waals surface area (Å²) in [7, 11) is 0. The number of halogens is 2. The van der Waals surface area contributed by atoms with Crippen LogP contribution in [0.5, 0.6) is 5.75 Å². The van der Waals surface area contributed by atoms with Crippen molar-refractivity contribution in [3.63, 3.8) is 0 Å². The molecule has 0 atom stereocenters. The molecule has 1 aliphatic rings. The summed E-state index contributed by atoms with van der Waals surface area (Å²) in [6, 6.07) is 2.97. The Hall–Kier alpha value is -0.540. The van der Waals surface area contributed by atoms with E-state index in [9.17, 15) is 9.90 Å². The van der Waals surface area contributed by atoms with Crippen molar-refractivity contribution in [2.24, 2.45) is 5.92 Å². The summed E-state index contributed by atoms with van der Waals surface area (Å²) in [6.45, 7) is 0. The second kappa shape index (κ2) is 3.55. The number of hydrogen-bond acceptors (Lipinski definition) is 2. The number of phenolic OH excluding ortho intramolecular Hbond substituents is 1. The molecule has 0 aliphatic heterocycles. The van der Waals surface area contributed by atoms with Gasteiger partial charge in [-0.1, -0.05) is 11.6 Å². The van der Waals surface area contributed by atoms with Crippen LogP contribution in [0, 0.1) is 5.92 Å². The smallest absolute Gasteiger partial charge is 0.167 e. The number of rotatable bonds is 2. The van der Waals surface area contributed by atoms with Gasteiger partial charge in [-0.15, -0.1) is 0 Å². The van der Waals surface area contributed by atoms with E-state index in [0.29, 0.717) is 15.1 Å². The van der Waals surface area contributed by atoms with E-state index < -0.39 is 0 Å². The SMILES string of the molecule is O=C(c1cc(Br)c(O)cc1Cl)C1CC1. The molecule has 1 saturated carbocycles. The predicted octanol–water partition coefficient (Wildman–Crippen LogP) is 3.40. The summed E-state index contributed by atoms with van der Waals surface area (Å²) in [5.74, 6) is 0.280. The van der Waals surface area contributed by atoms with E-state index >= 15 is 0 Å². The molecule has 74 valence electrons. The van der Waals surface area contributed by atoms with Crippen molar-refractivity contribution in [2.75, 3.05) is 0 Å². The molecule has 0 saturated heterocycles. The third-order valence-corrected chi connectivity index (χ3v) is 3.20. The van der Waals surface area contributed by atoms with Gasteiger partial charge in [0.15, 0.2) is 5.78 Å². The highest BCUT2D eigenvalue weighted by Gasteiger charge is 2.31. The van der Waals surface area contributed by atoms with Crippen molar-refractivity contribution >= 4 is 33.3 Å². The molecular weight excluding hydrogens is 267 g/mol. The lowest BCUT2D eigenvalue weighted by atomic mass is 10.1. The summed E-state index contributed by atoms with van der Waals surface area (Å²) in [5.41, 5.74) is 0.499. The van der Waals surface area contributed by atoms with E-state index in [1.165, 1.54) is 6.07 Å². The lowest BCUT2D eigenvalue weighted by molar-refractivity contribution is 0.0968. The van der Waals surface area contributed by atoms with Crippen molar-refractivity contribution in [1.29, 1.82) is 0 Å². The van der Waals surface area contributed by atoms with Crippen LogP contribution in [0.1, 0.15) is 23.2 Å². The van der Waals surface area contributed by atoms with E-state index in [-0.39, 0.29) is 17.5 Å². The maximum atomic E-state index is 11.7. The van der Waals surface area contributed by atoms with Crippen LogP contribution >= 0.6 is 27.5 Å². The zero-order chi connectivity index (χ0) is 10.3. The van der Waals surface area contributed by atoms with Gasteiger partial charge in [0.05, 0.1) is 9.50 Å². The van der Waals surface area contributed by atoms with Crippen LogP contribution in [0.15, 0.2) is 16.6 Å². The standard InChI is InChI=1S/C10H8BrClO2/c11-7-3-6(8(12)4-9(7)13)10(14)5-1-2-5/h3-5,13H,1-2H2. The summed E-state index contributed by atoms with van der Waals surface area (Å²) in [5, 5.41) is 9.64. The third kappa shape index (κ3) is 1.79. The Balaban J connectivity index is 2.41. The molecule has 14 heavy (non-hydrogen) atoms. The van der Waals surface area contributed by atoms with Crippen molar-refractivity contribution in [2.45, 2.75) is 12.8 Å². The van der Waals surface area contributed by atoms with Crippen LogP contribution in [-0.4, -0.2) is 10.9 Å². The van der Waals surface area contributed by atoms with Gasteiger partial charge >= 0.3 is 0 Å². The lowest BCUT2D eigenvalue weighted by Gasteiger charge is -2.04. The number of aromatic hydroxyl groups is 1. The summed E-state index contributed by atoms with van der Waals surface area (Å²) in [4.78, 5) is 11.7. The first-order valence-electron chi connectivity index (χ1n) is 4.32. The van der Waals surface area contributed by atoms with Gasteiger partial charge in [-0.2, -0.15) is 0 Å². The van der Waals surface area contributed by atoms with Gasteiger partial charge in [0.1, 0.15) is 5.75 Å². The molecule has 4 heteroatoms. The highest BCUT2D eigenvalue weighted by Crippen LogP contribution is 2.37. The molecule has 0 radical (unpaired) electrons. The fraction of sp³-hybridized carbons (Fsp3) is 0.300. The molecule has 0 heterocycles. The van der Waals surface area contributed by atoms with Gasteiger partial charge in [0.2, 0.25) is 0 Å². The lowest BCUT2D eigenvalue weighted by Crippen LogP contribution is -2.02. The molecule has 1 aromatic rings. The Morgan fingerprint density at radius 2 is 2.14 bits per heavy atom. The van der Waals surface area contributed by atoms with E-state index in [1.807, 2.05) is 0 Å². The fourth-order valence-corrected chi connectivity index (χ4v) is 1.89. The summed E-state index contributed by atoms with van der Waals surface area (Å²) in [6.07, 6.45) is 1.90. The van der Waals surface area contributed by atoms with Crippen LogP contribution in [0.4, 0.5) is 0 Å². The monoisotopic (exact) mass is 274 g/mol. The van der Waals surface area contributed by atoms with E-state index in [1.54, 1.807) is 6.07 Å². The number of ketones is 1. The van der Waals surface area contributed by atoms with Crippen molar-refractivity contribution in [3.05, 3.63) is 27.2 Å². The number of carbonyl (C=O) groups is 1. The molecule has 1 fully saturated rings. The molecular formula is C10H8BrClO2. The van der Waals surface area contributed by atoms with Crippen molar-refractivity contribution in [3.8, 4) is 5.75 Å². The minimum Gasteiger partial charge on any atom is -0.507 e. The molecule has 1 aromatic carbocycles. The Kier molecular flexibility index (Phi) is 2.54. The maximum Gasteiger partial charge on any atom is 0.167 e. The van der Waals surface area contributed by atoms with Crippen LogP contribution in [0.2, 0.25) is 5.02 Å². The van der Waals surface area contributed by atoms with Crippen LogP contribution < -0.4 is 0 Å². The maximum absolute atomic E-state index is 11.7. The predicted molar refractivity (Wildman–Crippen MR) is 57.9 cm³/mol. The largest absolute Gasteiger partial charge is 0.507 e. The highest BCUT2D eigenvalue weighted by molar-refractivity contribution is 9.10. The van der Waals surface area contributed by atoms with Gasteiger partial charge in [-0.05, 0) is 34.8 Å². The second-order valence-electron chi connectivity index (χ2n) is 3.42. The zero-order valence-electron chi connectivity index (χ0n) is 7.26. The molecule has 1 N–H and O–H groups in total. The van der Waals surface area contributed by atoms with Gasteiger partial charge in [-0.25, -0.2) is 0 Å². The number of phenols is 1. The quantitative estimate of drug-likeness (QED) is 0.840. The number of carbonyl (C=O) groups excluding carboxylic acids is 1. The van der Waals surface area contributed by atoms with E-state index in [4.69, 9.17) is 11.6 Å². The van der Waals surface area contributed by atoms with Gasteiger partial charge in [-0.3, -0.25) is 4.79 Å². The van der Waals surface area contributed by atoms with Gasteiger partial charge in [0.25, 0.3) is 0 Å². The minimum atomic E-state index is 0.0577. The molecule has 2 rings (SSSR count). The summed E-state index contributed by atoms with van der Waals surface area (Å²) >= 11 is 9.02. The number of benzene rings is 1. The Labute approximate surface area is 95.0 Å². The van der Waals surface area contributed by atoms with Crippen molar-refractivity contribution < 1.29 is 9.90 Å². The molecule has 0 aromatic heterocycles. The van der Waals surface area contributed by atoms with Crippen LogP contribution in [0.25, 0.3) is 0 Å².